The van der Waals surface area contributed by atoms with E-state index in [2.05, 4.69) is 0 Å². The van der Waals surface area contributed by atoms with Crippen LogP contribution < -0.4 is 4.90 Å². The van der Waals surface area contributed by atoms with E-state index < -0.39 is 80.1 Å². The molecular weight excluding hydrogens is 634 g/mol. The Balaban J connectivity index is 1.71. The molecule has 10 atom stereocenters. The molecule has 0 radical (unpaired) electrons. The van der Waals surface area contributed by atoms with Gasteiger partial charge in [0.1, 0.15) is 49.3 Å². The topological polar surface area (TPSA) is 237 Å². The molecule has 48 heavy (non-hydrogen) atoms. The Morgan fingerprint density at radius 1 is 1.04 bits per heavy atom. The van der Waals surface area contributed by atoms with Gasteiger partial charge in [0.05, 0.1) is 50.3 Å². The number of carbonyl (C=O) groups excluding carboxylic acids is 1. The van der Waals surface area contributed by atoms with Crippen LogP contribution in [0.2, 0.25) is 0 Å². The zero-order valence-corrected chi connectivity index (χ0v) is 26.7. The molecule has 1 unspecified atom stereocenters. The first-order chi connectivity index (χ1) is 23.1. The van der Waals surface area contributed by atoms with Crippen molar-refractivity contribution in [2.75, 3.05) is 39.5 Å². The third kappa shape index (κ3) is 9.81. The zero-order chi connectivity index (χ0) is 34.8. The van der Waals surface area contributed by atoms with E-state index in [1.165, 1.54) is 12.3 Å². The largest absolute Gasteiger partial charge is 0.477 e. The summed E-state index contributed by atoms with van der Waals surface area (Å²) in [4.78, 5) is 26.0. The summed E-state index contributed by atoms with van der Waals surface area (Å²) in [6.07, 6.45) is 4.06. The molecule has 15 heteroatoms. The summed E-state index contributed by atoms with van der Waals surface area (Å²) in [6, 6.07) is 0. The second-order valence-electron chi connectivity index (χ2n) is 12.5. The Bertz CT molecular complexity index is 1250. The Morgan fingerprint density at radius 2 is 1.79 bits per heavy atom. The maximum Gasteiger partial charge on any atom is 0.341 e. The van der Waals surface area contributed by atoms with Gasteiger partial charge in [-0.2, -0.15) is 0 Å². The number of esters is 1. The maximum absolute atomic E-state index is 13.5. The lowest BCUT2D eigenvalue weighted by Crippen LogP contribution is -3.08. The summed E-state index contributed by atoms with van der Waals surface area (Å²) in [5.41, 5.74) is 1.82. The van der Waals surface area contributed by atoms with Crippen LogP contribution in [-0.2, 0) is 28.5 Å². The van der Waals surface area contributed by atoms with E-state index in [9.17, 15) is 45.3 Å². The second-order valence-corrected chi connectivity index (χ2v) is 12.5. The summed E-state index contributed by atoms with van der Waals surface area (Å²) >= 11 is 0. The highest BCUT2D eigenvalue weighted by Crippen LogP contribution is 2.39. The van der Waals surface area contributed by atoms with E-state index in [0.717, 1.165) is 43.9 Å². The average molecular weight is 683 g/mol. The Kier molecular flexibility index (Phi) is 14.3. The molecular formula is C33H48NO14+. The highest BCUT2D eigenvalue weighted by Gasteiger charge is 2.47. The van der Waals surface area contributed by atoms with Crippen molar-refractivity contribution in [3.63, 3.8) is 0 Å². The average Bonchev–Trinajstić information content (AvgIpc) is 3.08. The molecule has 1 saturated carbocycles. The van der Waals surface area contributed by atoms with Crippen LogP contribution in [-0.4, -0.2) is 135 Å². The molecule has 0 bridgehead atoms. The molecule has 15 nitrogen and oxygen atoms in total. The Hall–Kier alpha value is -2.96. The first kappa shape index (κ1) is 37.9. The SMILES string of the molecule is O=C(O)C1=C[NH+](CCO)CC(/C=C/[C@@H]2C(C(=O)OCC[C@H](O)CO)=CO[C@@H](O[C@@H]3O[C@H](CO)[C@@H](O)[C@H](O)[C@H]3O)[C@@H]2C=C2CCCCC2)=C1. The Morgan fingerprint density at radius 3 is 2.46 bits per heavy atom. The number of carbonyl (C=O) groups is 2. The van der Waals surface area contributed by atoms with Crippen molar-refractivity contribution in [1.82, 2.24) is 0 Å². The van der Waals surface area contributed by atoms with Crippen molar-refractivity contribution < 1.29 is 74.3 Å². The molecule has 9 N–H and O–H groups in total. The van der Waals surface area contributed by atoms with Crippen molar-refractivity contribution in [2.45, 2.75) is 81.6 Å². The minimum absolute atomic E-state index is 0.00609. The van der Waals surface area contributed by atoms with Crippen molar-refractivity contribution in [3.05, 3.63) is 59.1 Å². The number of rotatable bonds is 14. The van der Waals surface area contributed by atoms with Gasteiger partial charge in [-0.3, -0.25) is 0 Å². The third-order valence-electron chi connectivity index (χ3n) is 8.92. The lowest BCUT2D eigenvalue weighted by Gasteiger charge is -2.43. The molecule has 2 fully saturated rings. The Labute approximate surface area is 278 Å². The van der Waals surface area contributed by atoms with E-state index in [1.54, 1.807) is 12.2 Å². The minimum atomic E-state index is -1.70. The van der Waals surface area contributed by atoms with Crippen LogP contribution in [0.4, 0.5) is 0 Å². The van der Waals surface area contributed by atoms with Crippen LogP contribution >= 0.6 is 0 Å². The van der Waals surface area contributed by atoms with Gasteiger partial charge in [0.15, 0.2) is 6.29 Å². The van der Waals surface area contributed by atoms with Crippen LogP contribution in [0.1, 0.15) is 38.5 Å². The molecule has 0 aromatic heterocycles. The smallest absolute Gasteiger partial charge is 0.341 e. The minimum Gasteiger partial charge on any atom is -0.477 e. The highest BCUT2D eigenvalue weighted by molar-refractivity contribution is 5.90. The second kappa shape index (κ2) is 18.2. The predicted molar refractivity (Wildman–Crippen MR) is 165 cm³/mol. The van der Waals surface area contributed by atoms with Gasteiger partial charge in [-0.1, -0.05) is 30.2 Å². The number of hydrogen-bond donors (Lipinski definition) is 9. The van der Waals surface area contributed by atoms with E-state index in [4.69, 9.17) is 24.1 Å². The molecule has 0 aromatic carbocycles. The molecule has 0 aromatic rings. The van der Waals surface area contributed by atoms with E-state index in [1.807, 2.05) is 6.08 Å². The number of carboxylic acid groups (broad SMARTS) is 1. The monoisotopic (exact) mass is 682 g/mol. The number of quaternary nitrogens is 1. The van der Waals surface area contributed by atoms with Crippen LogP contribution in [0.3, 0.4) is 0 Å². The number of hydrogen-bond acceptors (Lipinski definition) is 13. The molecule has 0 spiro atoms. The fourth-order valence-corrected chi connectivity index (χ4v) is 6.21. The normalized spacial score (nSPS) is 33.3. The molecule has 1 saturated heterocycles. The number of ether oxygens (including phenoxy) is 4. The summed E-state index contributed by atoms with van der Waals surface area (Å²) in [7, 11) is 0. The molecule has 1 aliphatic carbocycles. The fourth-order valence-electron chi connectivity index (χ4n) is 6.21. The van der Waals surface area contributed by atoms with Gasteiger partial charge in [-0.15, -0.1) is 0 Å². The van der Waals surface area contributed by atoms with Crippen LogP contribution in [0, 0.1) is 11.8 Å². The number of carboxylic acids is 1. The van der Waals surface area contributed by atoms with Crippen LogP contribution in [0.15, 0.2) is 59.1 Å². The van der Waals surface area contributed by atoms with Gasteiger partial charge in [-0.05, 0) is 31.8 Å². The number of aliphatic carboxylic acids is 1. The lowest BCUT2D eigenvalue weighted by molar-refractivity contribution is -0.842. The van der Waals surface area contributed by atoms with E-state index in [0.29, 0.717) is 17.0 Å². The first-order valence-electron chi connectivity index (χ1n) is 16.3. The number of allylic oxidation sites excluding steroid dienone is 2. The highest BCUT2D eigenvalue weighted by atomic mass is 16.8. The van der Waals surface area contributed by atoms with Crippen molar-refractivity contribution in [3.8, 4) is 0 Å². The van der Waals surface area contributed by atoms with Crippen LogP contribution in [0.25, 0.3) is 0 Å². The summed E-state index contributed by atoms with van der Waals surface area (Å²) in [5.74, 6) is -3.43. The predicted octanol–water partition coefficient (Wildman–Crippen LogP) is -2.21. The van der Waals surface area contributed by atoms with Gasteiger partial charge in [0.2, 0.25) is 6.29 Å². The summed E-state index contributed by atoms with van der Waals surface area (Å²) in [6.45, 7) is -0.879. The van der Waals surface area contributed by atoms with E-state index in [-0.39, 0.29) is 37.3 Å². The maximum atomic E-state index is 13.5. The van der Waals surface area contributed by atoms with E-state index >= 15 is 0 Å². The van der Waals surface area contributed by atoms with Crippen LogP contribution in [0.5, 0.6) is 0 Å². The first-order valence-corrected chi connectivity index (χ1v) is 16.3. The molecule has 3 heterocycles. The summed E-state index contributed by atoms with van der Waals surface area (Å²) < 4.78 is 23.0. The van der Waals surface area contributed by atoms with Gasteiger partial charge in [-0.25, -0.2) is 9.59 Å². The van der Waals surface area contributed by atoms with Gasteiger partial charge < -0.3 is 64.7 Å². The third-order valence-corrected chi connectivity index (χ3v) is 8.92. The van der Waals surface area contributed by atoms with Crippen molar-refractivity contribution >= 4 is 11.9 Å². The van der Waals surface area contributed by atoms with Gasteiger partial charge in [0, 0.05) is 17.9 Å². The fraction of sp³-hybridized carbons (Fsp3) is 0.636. The number of aliphatic hydroxyl groups is 7. The van der Waals surface area contributed by atoms with Crippen molar-refractivity contribution in [1.29, 1.82) is 0 Å². The molecule has 0 amide bonds. The number of aliphatic hydroxyl groups excluding tert-OH is 7. The molecule has 3 aliphatic heterocycles. The molecule has 4 rings (SSSR count). The number of nitrogens with one attached hydrogen (secondary N) is 1. The summed E-state index contributed by atoms with van der Waals surface area (Å²) in [5, 5.41) is 79.0. The van der Waals surface area contributed by atoms with Gasteiger partial charge in [0.25, 0.3) is 0 Å². The molecule has 4 aliphatic rings. The molecule has 268 valence electrons. The van der Waals surface area contributed by atoms with Gasteiger partial charge >= 0.3 is 11.9 Å². The van der Waals surface area contributed by atoms with Crippen molar-refractivity contribution in [2.24, 2.45) is 11.8 Å². The zero-order valence-electron chi connectivity index (χ0n) is 26.7. The standard InChI is InChI=1S/C33H47NO14/c35-10-9-34-14-20(12-21(15-34)30(42)43)6-7-23-24(13-19-4-2-1-3-5-19)32(46-18-25(23)31(44)45-11-8-22(38)16-36)48-33-29(41)28(40)27(39)26(17-37)47-33/h6-7,12-13,15,18,22-24,26-29,32-33,35-41H,1-5,8-11,14,16-17H2,(H,42,43)/p+1/b7-6+/t22-,23-,24+,26+,27+,28-,29+,32-,33-/m0/s1. The quantitative estimate of drug-likeness (QED) is 0.0698. The lowest BCUT2D eigenvalue weighted by atomic mass is 9.80.